The molecule has 2 aliphatic carbocycles. The largest absolute Gasteiger partial charge is 0.135 e. The van der Waals surface area contributed by atoms with Gasteiger partial charge in [0.05, 0.1) is 5.41 Å². The fourth-order valence-electron chi connectivity index (χ4n) is 7.20. The molecule has 0 atom stereocenters. The lowest BCUT2D eigenvalue weighted by Crippen LogP contribution is -2.25. The Balaban J connectivity index is 1.34. The van der Waals surface area contributed by atoms with E-state index in [1.807, 2.05) is 11.3 Å². The third kappa shape index (κ3) is 2.78. The van der Waals surface area contributed by atoms with E-state index in [4.69, 9.17) is 0 Å². The molecule has 6 aromatic carbocycles. The molecule has 0 unspecified atom stereocenters. The Kier molecular flexibility index (Phi) is 4.37. The molecule has 0 saturated heterocycles. The molecule has 0 fully saturated rings. The van der Waals surface area contributed by atoms with Crippen LogP contribution in [0.15, 0.2) is 132 Å². The van der Waals surface area contributed by atoms with Crippen molar-refractivity contribution in [3.05, 3.63) is 154 Å². The molecule has 1 heterocycles. The van der Waals surface area contributed by atoms with Crippen molar-refractivity contribution in [1.29, 1.82) is 0 Å². The van der Waals surface area contributed by atoms with Gasteiger partial charge in [0, 0.05) is 24.6 Å². The van der Waals surface area contributed by atoms with E-state index < -0.39 is 0 Å². The van der Waals surface area contributed by atoms with Gasteiger partial charge in [-0.3, -0.25) is 0 Å². The normalized spacial score (nSPS) is 14.0. The highest BCUT2D eigenvalue weighted by molar-refractivity contribution is 9.10. The van der Waals surface area contributed by atoms with Gasteiger partial charge in [0.1, 0.15) is 0 Å². The molecule has 0 N–H and O–H groups in total. The number of benzene rings is 6. The smallest absolute Gasteiger partial charge is 0.0725 e. The zero-order chi connectivity index (χ0) is 25.7. The van der Waals surface area contributed by atoms with E-state index in [0.29, 0.717) is 0 Å². The molecule has 39 heavy (non-hydrogen) atoms. The van der Waals surface area contributed by atoms with E-state index in [0.717, 1.165) is 4.47 Å². The van der Waals surface area contributed by atoms with Crippen molar-refractivity contribution in [3.63, 3.8) is 0 Å². The van der Waals surface area contributed by atoms with E-state index in [1.165, 1.54) is 75.8 Å². The summed E-state index contributed by atoms with van der Waals surface area (Å²) in [6.07, 6.45) is 0. The topological polar surface area (TPSA) is 0 Å². The number of hydrogen-bond donors (Lipinski definition) is 0. The number of halogens is 1. The lowest BCUT2D eigenvalue weighted by Gasteiger charge is -2.30. The first-order valence-electron chi connectivity index (χ1n) is 13.3. The van der Waals surface area contributed by atoms with E-state index in [1.54, 1.807) is 0 Å². The Morgan fingerprint density at radius 1 is 0.436 bits per heavy atom. The Morgan fingerprint density at radius 2 is 0.923 bits per heavy atom. The zero-order valence-electron chi connectivity index (χ0n) is 20.9. The first-order valence-corrected chi connectivity index (χ1v) is 14.9. The molecule has 0 bridgehead atoms. The highest BCUT2D eigenvalue weighted by Gasteiger charge is 2.51. The van der Waals surface area contributed by atoms with E-state index in [-0.39, 0.29) is 5.41 Å². The summed E-state index contributed by atoms with van der Waals surface area (Å²) < 4.78 is 3.78. The Hall–Kier alpha value is -3.98. The Labute approximate surface area is 239 Å². The summed E-state index contributed by atoms with van der Waals surface area (Å²) in [5.41, 5.74) is 13.1. The lowest BCUT2D eigenvalue weighted by atomic mass is 9.70. The van der Waals surface area contributed by atoms with Crippen molar-refractivity contribution in [2.75, 3.05) is 0 Å². The molecule has 1 spiro atoms. The predicted octanol–water partition coefficient (Wildman–Crippen LogP) is 10.8. The molecule has 9 rings (SSSR count). The molecule has 7 aromatic rings. The Morgan fingerprint density at radius 3 is 1.56 bits per heavy atom. The van der Waals surface area contributed by atoms with Gasteiger partial charge in [0.2, 0.25) is 0 Å². The van der Waals surface area contributed by atoms with Crippen LogP contribution in [0.4, 0.5) is 0 Å². The monoisotopic (exact) mass is 576 g/mol. The van der Waals surface area contributed by atoms with Crippen molar-refractivity contribution in [1.82, 2.24) is 0 Å². The first-order chi connectivity index (χ1) is 19.2. The minimum absolute atomic E-state index is 0.306. The second kappa shape index (κ2) is 7.79. The van der Waals surface area contributed by atoms with Crippen LogP contribution in [0.25, 0.3) is 53.6 Å². The molecule has 1 aromatic heterocycles. The molecule has 0 amide bonds. The highest BCUT2D eigenvalue weighted by atomic mass is 79.9. The summed E-state index contributed by atoms with van der Waals surface area (Å²) in [6, 6.07) is 47.7. The number of hydrogen-bond acceptors (Lipinski definition) is 1. The predicted molar refractivity (Wildman–Crippen MR) is 169 cm³/mol. The average Bonchev–Trinajstić information content (AvgIpc) is 3.60. The van der Waals surface area contributed by atoms with E-state index >= 15 is 0 Å². The van der Waals surface area contributed by atoms with Gasteiger partial charge in [-0.1, -0.05) is 107 Å². The van der Waals surface area contributed by atoms with Gasteiger partial charge in [-0.05, 0) is 92.0 Å². The van der Waals surface area contributed by atoms with Crippen LogP contribution in [0, 0.1) is 0 Å². The minimum atomic E-state index is -0.306. The van der Waals surface area contributed by atoms with Crippen LogP contribution in [0.3, 0.4) is 0 Å². The van der Waals surface area contributed by atoms with Crippen molar-refractivity contribution in [3.8, 4) is 33.4 Å². The lowest BCUT2D eigenvalue weighted by molar-refractivity contribution is 0.794. The van der Waals surface area contributed by atoms with Crippen LogP contribution in [-0.2, 0) is 5.41 Å². The molecule has 0 nitrogen and oxygen atoms in total. The summed E-state index contributed by atoms with van der Waals surface area (Å²) in [5.74, 6) is 0. The molecule has 0 radical (unpaired) electrons. The van der Waals surface area contributed by atoms with Gasteiger partial charge < -0.3 is 0 Å². The molecule has 182 valence electrons. The minimum Gasteiger partial charge on any atom is -0.135 e. The van der Waals surface area contributed by atoms with Crippen LogP contribution in [0.5, 0.6) is 0 Å². The first kappa shape index (κ1) is 21.9. The third-order valence-corrected chi connectivity index (χ3v) is 10.4. The maximum atomic E-state index is 3.68. The maximum absolute atomic E-state index is 3.68. The number of thiophene rings is 1. The van der Waals surface area contributed by atoms with Crippen molar-refractivity contribution in [2.45, 2.75) is 5.41 Å². The molecule has 2 aliphatic rings. The number of rotatable bonds is 1. The highest BCUT2D eigenvalue weighted by Crippen LogP contribution is 2.63. The van der Waals surface area contributed by atoms with Crippen LogP contribution in [0.2, 0.25) is 0 Å². The van der Waals surface area contributed by atoms with Gasteiger partial charge in [-0.25, -0.2) is 0 Å². The molecular weight excluding hydrogens is 556 g/mol. The summed E-state index contributed by atoms with van der Waals surface area (Å²) >= 11 is 5.54. The summed E-state index contributed by atoms with van der Waals surface area (Å²) in [4.78, 5) is 0. The molecule has 2 heteroatoms. The third-order valence-electron chi connectivity index (χ3n) is 8.76. The maximum Gasteiger partial charge on any atom is 0.0725 e. The zero-order valence-corrected chi connectivity index (χ0v) is 23.3. The standard InChI is InChI=1S/C37H21BrS/c38-24-15-18-36-30(21-24)29-19-22(14-17-35(29)39-36)23-13-16-28-27-9-3-6-12-33(27)37(34(28)20-23)31-10-4-1-7-25(31)26-8-2-5-11-32(26)37/h1-21H. The fourth-order valence-corrected chi connectivity index (χ4v) is 8.63. The van der Waals surface area contributed by atoms with E-state index in [9.17, 15) is 0 Å². The van der Waals surface area contributed by atoms with Crippen LogP contribution in [-0.4, -0.2) is 0 Å². The van der Waals surface area contributed by atoms with Crippen LogP contribution >= 0.6 is 27.3 Å². The second-order valence-corrected chi connectivity index (χ2v) is 12.6. The number of fused-ring (bicyclic) bond motifs is 13. The van der Waals surface area contributed by atoms with Crippen LogP contribution < -0.4 is 0 Å². The van der Waals surface area contributed by atoms with Gasteiger partial charge in [0.15, 0.2) is 0 Å². The van der Waals surface area contributed by atoms with Gasteiger partial charge in [-0.2, -0.15) is 0 Å². The summed E-state index contributed by atoms with van der Waals surface area (Å²) in [5, 5.41) is 2.64. The van der Waals surface area contributed by atoms with Gasteiger partial charge in [-0.15, -0.1) is 11.3 Å². The van der Waals surface area contributed by atoms with Crippen molar-refractivity contribution < 1.29 is 0 Å². The molecule has 0 saturated carbocycles. The van der Waals surface area contributed by atoms with Crippen LogP contribution in [0.1, 0.15) is 22.3 Å². The van der Waals surface area contributed by atoms with Gasteiger partial charge >= 0.3 is 0 Å². The molecular formula is C37H21BrS. The molecule has 0 aliphatic heterocycles. The van der Waals surface area contributed by atoms with Crippen molar-refractivity contribution >= 4 is 47.4 Å². The average molecular weight is 578 g/mol. The second-order valence-electron chi connectivity index (χ2n) is 10.6. The summed E-state index contributed by atoms with van der Waals surface area (Å²) in [7, 11) is 0. The van der Waals surface area contributed by atoms with Crippen molar-refractivity contribution in [2.24, 2.45) is 0 Å². The fraction of sp³-hybridized carbons (Fsp3) is 0.0270. The SMILES string of the molecule is Brc1ccc2sc3ccc(-c4ccc5c(c4)C4(c6ccccc6-c6ccccc64)c4ccccc4-5)cc3c2c1. The van der Waals surface area contributed by atoms with Gasteiger partial charge in [0.25, 0.3) is 0 Å². The van der Waals surface area contributed by atoms with E-state index in [2.05, 4.69) is 143 Å². The Bertz CT molecular complexity index is 2080. The quantitative estimate of drug-likeness (QED) is 0.182. The summed E-state index contributed by atoms with van der Waals surface area (Å²) in [6.45, 7) is 0.